The molecule has 2 atom stereocenters. The van der Waals surface area contributed by atoms with Crippen molar-refractivity contribution < 1.29 is 14.3 Å². The van der Waals surface area contributed by atoms with E-state index in [1.54, 1.807) is 0 Å². The number of methoxy groups -OCH3 is 1. The van der Waals surface area contributed by atoms with Gasteiger partial charge >= 0.3 is 5.97 Å². The molecular weight excluding hydrogens is 208 g/mol. The molecule has 0 aromatic heterocycles. The summed E-state index contributed by atoms with van der Waals surface area (Å²) < 4.78 is 4.68. The standard InChI is InChI=1S/C11H20N2O3/c1-4-9-10(14)12-5-6-13(9)7-8(2)11(15)16-3/h8-9H,4-7H2,1-3H3,(H,12,14). The van der Waals surface area contributed by atoms with Gasteiger partial charge in [0.1, 0.15) is 0 Å². The lowest BCUT2D eigenvalue weighted by molar-refractivity contribution is -0.146. The van der Waals surface area contributed by atoms with E-state index in [-0.39, 0.29) is 23.8 Å². The molecule has 92 valence electrons. The van der Waals surface area contributed by atoms with Crippen LogP contribution in [-0.4, -0.2) is 49.6 Å². The third kappa shape index (κ3) is 2.95. The molecule has 1 heterocycles. The molecule has 2 unspecified atom stereocenters. The number of carbonyl (C=O) groups excluding carboxylic acids is 2. The van der Waals surface area contributed by atoms with E-state index in [1.165, 1.54) is 7.11 Å². The van der Waals surface area contributed by atoms with Crippen molar-refractivity contribution in [2.75, 3.05) is 26.7 Å². The Bertz CT molecular complexity index is 268. The van der Waals surface area contributed by atoms with Crippen LogP contribution >= 0.6 is 0 Å². The third-order valence-electron chi connectivity index (χ3n) is 2.94. The van der Waals surface area contributed by atoms with Gasteiger partial charge in [-0.1, -0.05) is 13.8 Å². The van der Waals surface area contributed by atoms with Gasteiger partial charge in [0.25, 0.3) is 0 Å². The first-order chi connectivity index (χ1) is 7.60. The maximum absolute atomic E-state index is 11.6. The molecule has 5 nitrogen and oxygen atoms in total. The molecule has 0 saturated carbocycles. The molecule has 1 rings (SSSR count). The summed E-state index contributed by atoms with van der Waals surface area (Å²) in [6.07, 6.45) is 0.764. The SMILES string of the molecule is CCC1C(=O)NCCN1CC(C)C(=O)OC. The van der Waals surface area contributed by atoms with Crippen molar-refractivity contribution in [3.8, 4) is 0 Å². The van der Waals surface area contributed by atoms with Crippen molar-refractivity contribution in [2.45, 2.75) is 26.3 Å². The molecule has 0 aromatic carbocycles. The van der Waals surface area contributed by atoms with Gasteiger partial charge in [-0.2, -0.15) is 0 Å². The van der Waals surface area contributed by atoms with Crippen LogP contribution in [0.1, 0.15) is 20.3 Å². The van der Waals surface area contributed by atoms with Gasteiger partial charge in [0.2, 0.25) is 5.91 Å². The van der Waals surface area contributed by atoms with Gasteiger partial charge in [0.05, 0.1) is 19.1 Å². The number of carbonyl (C=O) groups is 2. The van der Waals surface area contributed by atoms with E-state index >= 15 is 0 Å². The van der Waals surface area contributed by atoms with Gasteiger partial charge in [-0.05, 0) is 6.42 Å². The topological polar surface area (TPSA) is 58.6 Å². The summed E-state index contributed by atoms with van der Waals surface area (Å²) in [5, 5.41) is 2.83. The minimum absolute atomic E-state index is 0.0609. The van der Waals surface area contributed by atoms with Crippen molar-refractivity contribution in [2.24, 2.45) is 5.92 Å². The highest BCUT2D eigenvalue weighted by molar-refractivity contribution is 5.82. The number of rotatable bonds is 4. The summed E-state index contributed by atoms with van der Waals surface area (Å²) in [5.74, 6) is -0.350. The normalized spacial score (nSPS) is 23.7. The number of ether oxygens (including phenoxy) is 1. The second kappa shape index (κ2) is 5.84. The zero-order valence-corrected chi connectivity index (χ0v) is 10.2. The lowest BCUT2D eigenvalue weighted by Crippen LogP contribution is -2.56. The second-order valence-electron chi connectivity index (χ2n) is 4.13. The molecule has 1 aliphatic rings. The van der Waals surface area contributed by atoms with Crippen LogP contribution < -0.4 is 5.32 Å². The van der Waals surface area contributed by atoms with E-state index in [2.05, 4.69) is 15.0 Å². The maximum atomic E-state index is 11.6. The summed E-state index contributed by atoms with van der Waals surface area (Å²) in [6.45, 7) is 5.84. The molecule has 0 spiro atoms. The molecule has 1 fully saturated rings. The van der Waals surface area contributed by atoms with Gasteiger partial charge in [-0.25, -0.2) is 0 Å². The van der Waals surface area contributed by atoms with Gasteiger partial charge in [-0.3, -0.25) is 14.5 Å². The fourth-order valence-electron chi connectivity index (χ4n) is 2.05. The molecule has 5 heteroatoms. The highest BCUT2D eigenvalue weighted by Gasteiger charge is 2.30. The summed E-state index contributed by atoms with van der Waals surface area (Å²) in [6, 6.07) is -0.110. The number of piperazine rings is 1. The summed E-state index contributed by atoms with van der Waals surface area (Å²) >= 11 is 0. The third-order valence-corrected chi connectivity index (χ3v) is 2.94. The first kappa shape index (κ1) is 13.0. The van der Waals surface area contributed by atoms with Crippen molar-refractivity contribution in [1.82, 2.24) is 10.2 Å². The Hall–Kier alpha value is -1.10. The van der Waals surface area contributed by atoms with Crippen molar-refractivity contribution in [3.05, 3.63) is 0 Å². The maximum Gasteiger partial charge on any atom is 0.309 e. The lowest BCUT2D eigenvalue weighted by atomic mass is 10.1. The molecule has 0 radical (unpaired) electrons. The molecule has 1 saturated heterocycles. The predicted molar refractivity (Wildman–Crippen MR) is 59.8 cm³/mol. The summed E-state index contributed by atoms with van der Waals surface area (Å²) in [4.78, 5) is 25.0. The first-order valence-corrected chi connectivity index (χ1v) is 5.69. The van der Waals surface area contributed by atoms with Gasteiger partial charge in [-0.15, -0.1) is 0 Å². The smallest absolute Gasteiger partial charge is 0.309 e. The Kier molecular flexibility index (Phi) is 4.73. The zero-order valence-electron chi connectivity index (χ0n) is 10.2. The van der Waals surface area contributed by atoms with Crippen LogP contribution in [0.3, 0.4) is 0 Å². The van der Waals surface area contributed by atoms with E-state index in [4.69, 9.17) is 0 Å². The Morgan fingerprint density at radius 3 is 2.94 bits per heavy atom. The van der Waals surface area contributed by atoms with Gasteiger partial charge in [0.15, 0.2) is 0 Å². The van der Waals surface area contributed by atoms with E-state index in [0.29, 0.717) is 13.1 Å². The van der Waals surface area contributed by atoms with Crippen LogP contribution in [-0.2, 0) is 14.3 Å². The van der Waals surface area contributed by atoms with Crippen LogP contribution in [0.5, 0.6) is 0 Å². The first-order valence-electron chi connectivity index (χ1n) is 5.69. The summed E-state index contributed by atoms with van der Waals surface area (Å²) in [7, 11) is 1.39. The minimum Gasteiger partial charge on any atom is -0.469 e. The highest BCUT2D eigenvalue weighted by atomic mass is 16.5. The quantitative estimate of drug-likeness (QED) is 0.688. The Balaban J connectivity index is 2.57. The fourth-order valence-corrected chi connectivity index (χ4v) is 2.05. The van der Waals surface area contributed by atoms with Crippen LogP contribution in [0.15, 0.2) is 0 Å². The average molecular weight is 228 g/mol. The fraction of sp³-hybridized carbons (Fsp3) is 0.818. The molecule has 0 aromatic rings. The van der Waals surface area contributed by atoms with E-state index in [9.17, 15) is 9.59 Å². The zero-order chi connectivity index (χ0) is 12.1. The largest absolute Gasteiger partial charge is 0.469 e. The molecule has 16 heavy (non-hydrogen) atoms. The van der Waals surface area contributed by atoms with E-state index in [0.717, 1.165) is 13.0 Å². The molecule has 1 aliphatic heterocycles. The minimum atomic E-state index is -0.221. The number of hydrogen-bond acceptors (Lipinski definition) is 4. The number of amides is 1. The van der Waals surface area contributed by atoms with Crippen LogP contribution in [0, 0.1) is 5.92 Å². The van der Waals surface area contributed by atoms with Gasteiger partial charge in [0, 0.05) is 19.6 Å². The molecular formula is C11H20N2O3. The highest BCUT2D eigenvalue weighted by Crippen LogP contribution is 2.11. The lowest BCUT2D eigenvalue weighted by Gasteiger charge is -2.35. The van der Waals surface area contributed by atoms with Crippen LogP contribution in [0.2, 0.25) is 0 Å². The van der Waals surface area contributed by atoms with Crippen molar-refractivity contribution >= 4 is 11.9 Å². The second-order valence-corrected chi connectivity index (χ2v) is 4.13. The predicted octanol–water partition coefficient (Wildman–Crippen LogP) is 0.00590. The molecule has 0 aliphatic carbocycles. The van der Waals surface area contributed by atoms with Crippen molar-refractivity contribution in [3.63, 3.8) is 0 Å². The number of hydrogen-bond donors (Lipinski definition) is 1. The van der Waals surface area contributed by atoms with E-state index < -0.39 is 0 Å². The van der Waals surface area contributed by atoms with E-state index in [1.807, 2.05) is 13.8 Å². The molecule has 0 bridgehead atoms. The molecule has 1 N–H and O–H groups in total. The average Bonchev–Trinajstić information content (AvgIpc) is 2.28. The summed E-state index contributed by atoms with van der Waals surface area (Å²) in [5.41, 5.74) is 0. The Labute approximate surface area is 96.1 Å². The number of esters is 1. The molecule has 1 amide bonds. The van der Waals surface area contributed by atoms with Crippen LogP contribution in [0.25, 0.3) is 0 Å². The number of nitrogens with zero attached hydrogens (tertiary/aromatic N) is 1. The Morgan fingerprint density at radius 1 is 1.69 bits per heavy atom. The van der Waals surface area contributed by atoms with Crippen molar-refractivity contribution in [1.29, 1.82) is 0 Å². The Morgan fingerprint density at radius 2 is 2.38 bits per heavy atom. The number of nitrogens with one attached hydrogen (secondary N) is 1. The van der Waals surface area contributed by atoms with Gasteiger partial charge < -0.3 is 10.1 Å². The van der Waals surface area contributed by atoms with Crippen LogP contribution in [0.4, 0.5) is 0 Å². The monoisotopic (exact) mass is 228 g/mol.